The van der Waals surface area contributed by atoms with Crippen LogP contribution in [-0.4, -0.2) is 39.1 Å². The van der Waals surface area contributed by atoms with Crippen LogP contribution in [-0.2, 0) is 5.41 Å². The van der Waals surface area contributed by atoms with E-state index in [9.17, 15) is 5.26 Å². The summed E-state index contributed by atoms with van der Waals surface area (Å²) in [6.07, 6.45) is 4.95. The molecule has 0 spiro atoms. The van der Waals surface area contributed by atoms with Crippen molar-refractivity contribution in [2.75, 3.05) is 19.6 Å². The van der Waals surface area contributed by atoms with Crippen molar-refractivity contribution < 1.29 is 0 Å². The Morgan fingerprint density at radius 3 is 2.09 bits per heavy atom. The van der Waals surface area contributed by atoms with E-state index in [4.69, 9.17) is 0 Å². The monoisotopic (exact) mass is 421 g/mol. The predicted molar refractivity (Wildman–Crippen MR) is 125 cm³/mol. The zero-order valence-electron chi connectivity index (χ0n) is 18.1. The Hall–Kier alpha value is -3.49. The van der Waals surface area contributed by atoms with Gasteiger partial charge in [-0.3, -0.25) is 4.40 Å². The smallest absolute Gasteiger partial charge is 0.160 e. The van der Waals surface area contributed by atoms with Gasteiger partial charge < -0.3 is 4.90 Å². The molecule has 5 rings (SSSR count). The van der Waals surface area contributed by atoms with Crippen molar-refractivity contribution >= 4 is 5.65 Å². The third kappa shape index (κ3) is 3.79. The van der Waals surface area contributed by atoms with Crippen LogP contribution < -0.4 is 0 Å². The molecular weight excluding hydrogens is 394 g/mol. The van der Waals surface area contributed by atoms with Crippen molar-refractivity contribution in [3.8, 4) is 6.07 Å². The van der Waals surface area contributed by atoms with Gasteiger partial charge in [0.25, 0.3) is 0 Å². The maximum absolute atomic E-state index is 10.4. The van der Waals surface area contributed by atoms with Gasteiger partial charge in [-0.2, -0.15) is 5.26 Å². The first kappa shape index (κ1) is 20.4. The molecule has 0 amide bonds. The first-order chi connectivity index (χ1) is 15.8. The summed E-state index contributed by atoms with van der Waals surface area (Å²) in [7, 11) is 0. The highest BCUT2D eigenvalue weighted by Crippen LogP contribution is 2.36. The van der Waals surface area contributed by atoms with E-state index in [2.05, 4.69) is 56.0 Å². The maximum atomic E-state index is 10.4. The number of pyridine rings is 1. The third-order valence-corrected chi connectivity index (χ3v) is 6.82. The minimum Gasteiger partial charge on any atom is -0.303 e. The van der Waals surface area contributed by atoms with Crippen LogP contribution in [0.1, 0.15) is 42.1 Å². The van der Waals surface area contributed by atoms with E-state index in [1.165, 1.54) is 0 Å². The number of nitriles is 1. The number of hydrogen-bond acceptors (Lipinski definition) is 4. The average molecular weight is 422 g/mol. The van der Waals surface area contributed by atoms with E-state index in [-0.39, 0.29) is 0 Å². The van der Waals surface area contributed by atoms with E-state index >= 15 is 0 Å². The number of piperidine rings is 1. The fourth-order valence-corrected chi connectivity index (χ4v) is 4.96. The second-order valence-corrected chi connectivity index (χ2v) is 8.60. The molecule has 2 aromatic heterocycles. The molecule has 0 aliphatic carbocycles. The molecule has 4 aromatic rings. The van der Waals surface area contributed by atoms with Crippen LogP contribution in [0.3, 0.4) is 0 Å². The molecule has 1 saturated heterocycles. The van der Waals surface area contributed by atoms with E-state index in [1.807, 2.05) is 54.6 Å². The van der Waals surface area contributed by atoms with Gasteiger partial charge in [0.05, 0.1) is 6.07 Å². The number of nitrogens with zero attached hydrogens (tertiary/aromatic N) is 5. The molecule has 1 aliphatic rings. The van der Waals surface area contributed by atoms with Gasteiger partial charge in [-0.25, -0.2) is 0 Å². The number of aromatic nitrogens is 3. The molecule has 2 aromatic carbocycles. The van der Waals surface area contributed by atoms with Crippen molar-refractivity contribution in [1.29, 1.82) is 5.26 Å². The van der Waals surface area contributed by atoms with Gasteiger partial charge in [0.1, 0.15) is 11.2 Å². The lowest BCUT2D eigenvalue weighted by molar-refractivity contribution is 0.199. The summed E-state index contributed by atoms with van der Waals surface area (Å²) in [5, 5.41) is 19.2. The molecule has 0 bridgehead atoms. The SMILES string of the molecule is N#CC(CCN1CCC(c2nnc3ccccn23)CC1)(c1ccccc1)c1ccccc1. The Morgan fingerprint density at radius 1 is 0.844 bits per heavy atom. The molecule has 1 aliphatic heterocycles. The number of likely N-dealkylation sites (tertiary alicyclic amines) is 1. The van der Waals surface area contributed by atoms with Crippen LogP contribution in [0, 0.1) is 11.3 Å². The highest BCUT2D eigenvalue weighted by molar-refractivity contribution is 5.45. The summed E-state index contributed by atoms with van der Waals surface area (Å²) < 4.78 is 2.12. The highest BCUT2D eigenvalue weighted by Gasteiger charge is 2.35. The molecule has 0 unspecified atom stereocenters. The molecule has 160 valence electrons. The predicted octanol–water partition coefficient (Wildman–Crippen LogP) is 4.81. The topological polar surface area (TPSA) is 57.2 Å². The van der Waals surface area contributed by atoms with E-state index in [0.717, 1.165) is 61.5 Å². The van der Waals surface area contributed by atoms with Crippen LogP contribution in [0.25, 0.3) is 5.65 Å². The Bertz CT molecular complexity index is 1160. The highest BCUT2D eigenvalue weighted by atomic mass is 15.2. The van der Waals surface area contributed by atoms with Gasteiger partial charge >= 0.3 is 0 Å². The lowest BCUT2D eigenvalue weighted by Gasteiger charge is -2.35. The number of rotatable bonds is 6. The maximum Gasteiger partial charge on any atom is 0.160 e. The summed E-state index contributed by atoms with van der Waals surface area (Å²) in [6.45, 7) is 2.92. The second-order valence-electron chi connectivity index (χ2n) is 8.60. The van der Waals surface area contributed by atoms with E-state index in [0.29, 0.717) is 5.92 Å². The molecule has 0 radical (unpaired) electrons. The van der Waals surface area contributed by atoms with Crippen LogP contribution in [0.4, 0.5) is 0 Å². The molecule has 0 atom stereocenters. The first-order valence-electron chi connectivity index (χ1n) is 11.3. The van der Waals surface area contributed by atoms with Gasteiger partial charge in [-0.05, 0) is 55.6 Å². The van der Waals surface area contributed by atoms with Gasteiger partial charge in [-0.1, -0.05) is 66.7 Å². The van der Waals surface area contributed by atoms with Crippen molar-refractivity contribution in [1.82, 2.24) is 19.5 Å². The van der Waals surface area contributed by atoms with Gasteiger partial charge in [-0.15, -0.1) is 10.2 Å². The number of benzene rings is 2. The van der Waals surface area contributed by atoms with Crippen molar-refractivity contribution in [2.24, 2.45) is 0 Å². The minimum absolute atomic E-state index is 0.424. The van der Waals surface area contributed by atoms with Gasteiger partial charge in [0, 0.05) is 18.7 Å². The van der Waals surface area contributed by atoms with E-state index < -0.39 is 5.41 Å². The largest absolute Gasteiger partial charge is 0.303 e. The normalized spacial score (nSPS) is 15.6. The molecule has 5 heteroatoms. The molecule has 0 N–H and O–H groups in total. The fourth-order valence-electron chi connectivity index (χ4n) is 4.96. The van der Waals surface area contributed by atoms with E-state index in [1.54, 1.807) is 0 Å². The Balaban J connectivity index is 1.30. The Labute approximate surface area is 189 Å². The standard InChI is InChI=1S/C27H27N5/c28-21-27(23-9-3-1-4-10-23,24-11-5-2-6-12-24)16-20-31-18-14-22(15-19-31)26-30-29-25-13-7-8-17-32(25)26/h1-13,17,22H,14-16,18-20H2. The van der Waals surface area contributed by atoms with Gasteiger partial charge in [0.15, 0.2) is 5.65 Å². The van der Waals surface area contributed by atoms with Crippen LogP contribution in [0.5, 0.6) is 0 Å². The number of fused-ring (bicyclic) bond motifs is 1. The van der Waals surface area contributed by atoms with Crippen LogP contribution >= 0.6 is 0 Å². The molecule has 5 nitrogen and oxygen atoms in total. The van der Waals surface area contributed by atoms with Crippen LogP contribution in [0.15, 0.2) is 85.1 Å². The fraction of sp³-hybridized carbons (Fsp3) is 0.296. The summed E-state index contributed by atoms with van der Waals surface area (Å²) in [6, 6.07) is 29.2. The van der Waals surface area contributed by atoms with Gasteiger partial charge in [0.2, 0.25) is 0 Å². The van der Waals surface area contributed by atoms with Crippen molar-refractivity contribution in [3.05, 3.63) is 102 Å². The first-order valence-corrected chi connectivity index (χ1v) is 11.3. The molecular formula is C27H27N5. The van der Waals surface area contributed by atoms with Crippen molar-refractivity contribution in [2.45, 2.75) is 30.6 Å². The molecule has 3 heterocycles. The van der Waals surface area contributed by atoms with Crippen molar-refractivity contribution in [3.63, 3.8) is 0 Å². The summed E-state index contributed by atoms with van der Waals surface area (Å²) in [4.78, 5) is 2.50. The third-order valence-electron chi connectivity index (χ3n) is 6.82. The lowest BCUT2D eigenvalue weighted by Crippen LogP contribution is -2.38. The minimum atomic E-state index is -0.636. The van der Waals surface area contributed by atoms with Crippen LogP contribution in [0.2, 0.25) is 0 Å². The molecule has 32 heavy (non-hydrogen) atoms. The number of hydrogen-bond donors (Lipinski definition) is 0. The molecule has 1 fully saturated rings. The second kappa shape index (κ2) is 8.94. The molecule has 0 saturated carbocycles. The summed E-state index contributed by atoms with van der Waals surface area (Å²) in [5.74, 6) is 1.49. The zero-order chi connectivity index (χ0) is 21.8. The Morgan fingerprint density at radius 2 is 1.47 bits per heavy atom. The summed E-state index contributed by atoms with van der Waals surface area (Å²) >= 11 is 0. The lowest BCUT2D eigenvalue weighted by atomic mass is 9.73. The average Bonchev–Trinajstić information content (AvgIpc) is 3.31. The Kier molecular flexibility index (Phi) is 5.70. The summed E-state index contributed by atoms with van der Waals surface area (Å²) in [5.41, 5.74) is 2.41. The zero-order valence-corrected chi connectivity index (χ0v) is 18.1. The quantitative estimate of drug-likeness (QED) is 0.448.